The van der Waals surface area contributed by atoms with Crippen molar-refractivity contribution < 1.29 is 17.2 Å². The summed E-state index contributed by atoms with van der Waals surface area (Å²) in [6.45, 7) is 0. The first kappa shape index (κ1) is 22.5. The summed E-state index contributed by atoms with van der Waals surface area (Å²) in [6.07, 6.45) is -2.95. The first-order valence-corrected chi connectivity index (χ1v) is 11.9. The van der Waals surface area contributed by atoms with Gasteiger partial charge in [-0.25, -0.2) is 21.9 Å². The number of hydrogen-bond donors (Lipinski definition) is 0. The number of hydrogen-bond acceptors (Lipinski definition) is 5. The number of nitrogens with zero attached hydrogens (tertiary/aromatic N) is 4. The maximum absolute atomic E-state index is 14.2. The van der Waals surface area contributed by atoms with Gasteiger partial charge in [0.2, 0.25) is 0 Å². The topological polar surface area (TPSA) is 76.7 Å². The number of benzene rings is 3. The third-order valence-corrected chi connectivity index (χ3v) is 6.27. The molecular formula is C24H20F2N4O2S. The van der Waals surface area contributed by atoms with Gasteiger partial charge in [-0.2, -0.15) is 10.2 Å². The van der Waals surface area contributed by atoms with Crippen molar-refractivity contribution in [3.8, 4) is 5.69 Å². The summed E-state index contributed by atoms with van der Waals surface area (Å²) in [7, 11) is -3.73. The monoisotopic (exact) mass is 466 g/mol. The highest BCUT2D eigenvalue weighted by Crippen LogP contribution is 2.36. The molecule has 0 saturated carbocycles. The SMILES string of the molecule is O=S(=O)(Cc1ccccc1)Cc1nn(-c2ccccc2)c(C(F)F)c1N=Nc1ccccc1. The summed E-state index contributed by atoms with van der Waals surface area (Å²) in [5.74, 6) is -0.796. The van der Waals surface area contributed by atoms with E-state index in [1.165, 1.54) is 0 Å². The van der Waals surface area contributed by atoms with Crippen LogP contribution in [0.25, 0.3) is 5.69 Å². The van der Waals surface area contributed by atoms with E-state index in [-0.39, 0.29) is 17.1 Å². The second-order valence-electron chi connectivity index (χ2n) is 7.28. The third-order valence-electron chi connectivity index (χ3n) is 4.78. The van der Waals surface area contributed by atoms with E-state index in [9.17, 15) is 17.2 Å². The maximum atomic E-state index is 14.2. The van der Waals surface area contributed by atoms with Gasteiger partial charge in [0.15, 0.2) is 9.84 Å². The van der Waals surface area contributed by atoms with Crippen LogP contribution in [0.2, 0.25) is 0 Å². The van der Waals surface area contributed by atoms with E-state index in [0.29, 0.717) is 16.9 Å². The average Bonchev–Trinajstić information content (AvgIpc) is 3.17. The van der Waals surface area contributed by atoms with Gasteiger partial charge in [0.25, 0.3) is 6.43 Å². The zero-order chi connectivity index (χ0) is 23.3. The first-order valence-electron chi connectivity index (χ1n) is 10.1. The molecule has 0 amide bonds. The number of para-hydroxylation sites is 1. The Morgan fingerprint density at radius 2 is 1.36 bits per heavy atom. The smallest absolute Gasteiger partial charge is 0.229 e. The largest absolute Gasteiger partial charge is 0.282 e. The number of sulfone groups is 1. The Hall–Kier alpha value is -3.72. The Morgan fingerprint density at radius 1 is 0.788 bits per heavy atom. The molecule has 6 nitrogen and oxygen atoms in total. The van der Waals surface area contributed by atoms with Crippen LogP contribution in [0.4, 0.5) is 20.2 Å². The molecule has 0 atom stereocenters. The van der Waals surface area contributed by atoms with Crippen molar-refractivity contribution in [2.24, 2.45) is 10.2 Å². The average molecular weight is 467 g/mol. The molecule has 168 valence electrons. The molecule has 0 fully saturated rings. The van der Waals surface area contributed by atoms with Crippen molar-refractivity contribution >= 4 is 21.2 Å². The fourth-order valence-electron chi connectivity index (χ4n) is 3.33. The van der Waals surface area contributed by atoms with Gasteiger partial charge in [-0.05, 0) is 29.8 Å². The molecule has 0 radical (unpaired) electrons. The van der Waals surface area contributed by atoms with Crippen LogP contribution in [0.1, 0.15) is 23.4 Å². The van der Waals surface area contributed by atoms with Crippen molar-refractivity contribution in [3.63, 3.8) is 0 Å². The summed E-state index contributed by atoms with van der Waals surface area (Å²) >= 11 is 0. The molecule has 1 aromatic heterocycles. The summed E-state index contributed by atoms with van der Waals surface area (Å²) in [5, 5.41) is 12.3. The summed E-state index contributed by atoms with van der Waals surface area (Å²) in [6, 6.07) is 25.6. The zero-order valence-electron chi connectivity index (χ0n) is 17.4. The van der Waals surface area contributed by atoms with Crippen molar-refractivity contribution in [3.05, 3.63) is 108 Å². The second kappa shape index (κ2) is 9.83. The van der Waals surface area contributed by atoms with Gasteiger partial charge in [-0.1, -0.05) is 66.7 Å². The second-order valence-corrected chi connectivity index (χ2v) is 9.35. The lowest BCUT2D eigenvalue weighted by atomic mass is 10.2. The van der Waals surface area contributed by atoms with Crippen LogP contribution in [0.3, 0.4) is 0 Å². The number of alkyl halides is 2. The van der Waals surface area contributed by atoms with E-state index in [1.807, 2.05) is 0 Å². The highest BCUT2D eigenvalue weighted by molar-refractivity contribution is 7.89. The number of halogens is 2. The first-order chi connectivity index (χ1) is 15.9. The van der Waals surface area contributed by atoms with Gasteiger partial charge in [0.1, 0.15) is 17.1 Å². The molecule has 9 heteroatoms. The number of rotatable bonds is 8. The lowest BCUT2D eigenvalue weighted by Gasteiger charge is -2.06. The van der Waals surface area contributed by atoms with Gasteiger partial charge in [-0.3, -0.25) is 0 Å². The predicted molar refractivity (Wildman–Crippen MR) is 122 cm³/mol. The Kier molecular flexibility index (Phi) is 6.69. The molecule has 0 unspecified atom stereocenters. The number of aromatic nitrogens is 2. The normalized spacial score (nSPS) is 12.0. The van der Waals surface area contributed by atoms with Gasteiger partial charge in [0, 0.05) is 0 Å². The van der Waals surface area contributed by atoms with E-state index in [2.05, 4.69) is 15.3 Å². The fourth-order valence-corrected chi connectivity index (χ4v) is 4.74. The Labute approximate surface area is 190 Å². The van der Waals surface area contributed by atoms with E-state index in [1.54, 1.807) is 91.0 Å². The minimum atomic E-state index is -3.73. The van der Waals surface area contributed by atoms with Crippen molar-refractivity contribution in [2.75, 3.05) is 0 Å². The Balaban J connectivity index is 1.80. The van der Waals surface area contributed by atoms with Crippen molar-refractivity contribution in [2.45, 2.75) is 17.9 Å². The molecule has 3 aromatic carbocycles. The van der Waals surface area contributed by atoms with Gasteiger partial charge >= 0.3 is 0 Å². The standard InChI is InChI=1S/C24H20F2N4O2S/c25-24(26)23-22(28-27-19-12-6-2-7-13-19)21(29-30(23)20-14-8-3-9-15-20)17-33(31,32)16-18-10-4-1-5-11-18/h1-15,24H,16-17H2. The molecule has 0 N–H and O–H groups in total. The zero-order valence-corrected chi connectivity index (χ0v) is 18.2. The molecule has 0 aliphatic heterocycles. The minimum absolute atomic E-state index is 0.0789. The molecule has 33 heavy (non-hydrogen) atoms. The van der Waals surface area contributed by atoms with Crippen LogP contribution >= 0.6 is 0 Å². The lowest BCUT2D eigenvalue weighted by molar-refractivity contribution is 0.143. The third kappa shape index (κ3) is 5.56. The summed E-state index contributed by atoms with van der Waals surface area (Å²) < 4.78 is 55.2. The van der Waals surface area contributed by atoms with Crippen molar-refractivity contribution in [1.82, 2.24) is 9.78 Å². The van der Waals surface area contributed by atoms with Crippen LogP contribution in [0, 0.1) is 0 Å². The Morgan fingerprint density at radius 3 is 1.97 bits per heavy atom. The van der Waals surface area contributed by atoms with Crippen LogP contribution in [0.5, 0.6) is 0 Å². The molecule has 0 aliphatic rings. The quantitative estimate of drug-likeness (QED) is 0.284. The fraction of sp³-hybridized carbons (Fsp3) is 0.125. The van der Waals surface area contributed by atoms with E-state index < -0.39 is 27.7 Å². The van der Waals surface area contributed by atoms with Gasteiger partial charge < -0.3 is 0 Å². The van der Waals surface area contributed by atoms with Crippen LogP contribution in [-0.4, -0.2) is 18.2 Å². The van der Waals surface area contributed by atoms with Gasteiger partial charge in [-0.15, -0.1) is 5.11 Å². The molecule has 0 bridgehead atoms. The molecule has 4 rings (SSSR count). The van der Waals surface area contributed by atoms with Crippen molar-refractivity contribution in [1.29, 1.82) is 0 Å². The molecule has 0 saturated heterocycles. The molecule has 0 spiro atoms. The van der Waals surface area contributed by atoms with E-state index in [4.69, 9.17) is 0 Å². The minimum Gasteiger partial charge on any atom is -0.229 e. The molecule has 4 aromatic rings. The van der Waals surface area contributed by atoms with Crippen LogP contribution in [-0.2, 0) is 21.3 Å². The molecule has 1 heterocycles. The maximum Gasteiger partial charge on any atom is 0.282 e. The molecular weight excluding hydrogens is 446 g/mol. The highest BCUT2D eigenvalue weighted by Gasteiger charge is 2.29. The van der Waals surface area contributed by atoms with Crippen LogP contribution in [0.15, 0.2) is 101 Å². The van der Waals surface area contributed by atoms with E-state index in [0.717, 1.165) is 4.68 Å². The van der Waals surface area contributed by atoms with E-state index >= 15 is 0 Å². The van der Waals surface area contributed by atoms with Crippen LogP contribution < -0.4 is 0 Å². The Bertz CT molecular complexity index is 1340. The number of azo groups is 1. The summed E-state index contributed by atoms with van der Waals surface area (Å²) in [4.78, 5) is 0. The predicted octanol–water partition coefficient (Wildman–Crippen LogP) is 6.34. The highest BCUT2D eigenvalue weighted by atomic mass is 32.2. The summed E-state index contributed by atoms with van der Waals surface area (Å²) in [5.41, 5.74) is 0.588. The lowest BCUT2D eigenvalue weighted by Crippen LogP contribution is -2.09. The van der Waals surface area contributed by atoms with Gasteiger partial charge in [0.05, 0.1) is 22.9 Å². The molecule has 0 aliphatic carbocycles.